The highest BCUT2D eigenvalue weighted by Gasteiger charge is 2.34. The van der Waals surface area contributed by atoms with Gasteiger partial charge in [0.05, 0.1) is 11.1 Å². The zero-order valence-electron chi connectivity index (χ0n) is 13.6. The van der Waals surface area contributed by atoms with E-state index in [0.29, 0.717) is 5.69 Å². The van der Waals surface area contributed by atoms with Gasteiger partial charge in [0.15, 0.2) is 0 Å². The number of phenolic OH excluding ortho intramolecular Hbond substituents is 1. The number of benzene rings is 2. The van der Waals surface area contributed by atoms with Crippen molar-refractivity contribution >= 4 is 43.7 Å². The van der Waals surface area contributed by atoms with Crippen molar-refractivity contribution in [2.45, 2.75) is 13.1 Å². The molecule has 0 bridgehead atoms. The van der Waals surface area contributed by atoms with Crippen LogP contribution in [0.2, 0.25) is 0 Å². The second-order valence-electron chi connectivity index (χ2n) is 5.98. The molecule has 2 N–H and O–H groups in total. The summed E-state index contributed by atoms with van der Waals surface area (Å²) in [6, 6.07) is 11.1. The number of aromatic nitrogens is 1. The Balaban J connectivity index is 1.81. The molecule has 4 rings (SSSR count). The van der Waals surface area contributed by atoms with Gasteiger partial charge < -0.3 is 10.4 Å². The Kier molecular flexibility index (Phi) is 3.77. The number of nitrogens with one attached hydrogen (secondary N) is 1. The number of alkyl halides is 3. The largest absolute Gasteiger partial charge is 0.507 e. The topological polar surface area (TPSA) is 45.2 Å². The molecule has 2 heterocycles. The van der Waals surface area contributed by atoms with Crippen LogP contribution in [0.3, 0.4) is 0 Å². The summed E-state index contributed by atoms with van der Waals surface area (Å²) in [7, 11) is 0. The van der Waals surface area contributed by atoms with Crippen molar-refractivity contribution in [3.05, 3.63) is 59.1 Å². The van der Waals surface area contributed by atoms with Gasteiger partial charge in [0.2, 0.25) is 0 Å². The molecule has 2 aromatic carbocycles. The van der Waals surface area contributed by atoms with Crippen molar-refractivity contribution in [3.63, 3.8) is 0 Å². The molecule has 4 aromatic rings. The van der Waals surface area contributed by atoms with Gasteiger partial charge in [0.1, 0.15) is 5.75 Å². The number of rotatable bonds is 2. The van der Waals surface area contributed by atoms with Gasteiger partial charge in [-0.25, -0.2) is 0 Å². The van der Waals surface area contributed by atoms with Crippen LogP contribution in [0.1, 0.15) is 10.4 Å². The molecule has 0 aliphatic rings. The maximum atomic E-state index is 13.0. The number of pyridine rings is 1. The summed E-state index contributed by atoms with van der Waals surface area (Å²) < 4.78 is 40.1. The normalized spacial score (nSPS) is 12.0. The van der Waals surface area contributed by atoms with Crippen molar-refractivity contribution < 1.29 is 18.3 Å². The van der Waals surface area contributed by atoms with Crippen LogP contribution < -0.4 is 5.32 Å². The fourth-order valence-corrected chi connectivity index (χ4v) is 3.86. The van der Waals surface area contributed by atoms with E-state index >= 15 is 0 Å². The van der Waals surface area contributed by atoms with E-state index in [-0.39, 0.29) is 5.69 Å². The maximum Gasteiger partial charge on any atom is 0.420 e. The van der Waals surface area contributed by atoms with Gasteiger partial charge in [0.25, 0.3) is 0 Å². The lowest BCUT2D eigenvalue weighted by Crippen LogP contribution is -2.06. The summed E-state index contributed by atoms with van der Waals surface area (Å²) in [6.07, 6.45) is -3.01. The minimum absolute atomic E-state index is 0.241. The molecule has 2 aromatic heterocycles. The van der Waals surface area contributed by atoms with Crippen LogP contribution in [0.4, 0.5) is 24.5 Å². The van der Waals surface area contributed by atoms with E-state index in [4.69, 9.17) is 0 Å². The second-order valence-corrected chi connectivity index (χ2v) is 7.27. The van der Waals surface area contributed by atoms with Gasteiger partial charge in [-0.05, 0) is 54.8 Å². The number of fused-ring (bicyclic) bond motifs is 2. The van der Waals surface area contributed by atoms with E-state index in [9.17, 15) is 18.3 Å². The summed E-state index contributed by atoms with van der Waals surface area (Å²) in [5.74, 6) is -0.793. The monoisotopic (exact) mass is 374 g/mol. The molecular formula is C19H13F3N2OS. The third-order valence-corrected chi connectivity index (χ3v) is 5.10. The zero-order chi connectivity index (χ0) is 18.5. The molecule has 0 saturated carbocycles. The second kappa shape index (κ2) is 5.88. The predicted molar refractivity (Wildman–Crippen MR) is 98.3 cm³/mol. The molecule has 0 fully saturated rings. The summed E-state index contributed by atoms with van der Waals surface area (Å²) in [5, 5.41) is 14.4. The quantitative estimate of drug-likeness (QED) is 0.409. The Morgan fingerprint density at radius 1 is 1.08 bits per heavy atom. The number of anilines is 2. The number of aryl methyl sites for hydroxylation is 1. The van der Waals surface area contributed by atoms with Crippen molar-refractivity contribution in [1.82, 2.24) is 4.98 Å². The van der Waals surface area contributed by atoms with Crippen LogP contribution in [0, 0.1) is 6.92 Å². The lowest BCUT2D eigenvalue weighted by atomic mass is 10.1. The van der Waals surface area contributed by atoms with Gasteiger partial charge in [-0.15, -0.1) is 11.3 Å². The minimum Gasteiger partial charge on any atom is -0.507 e. The van der Waals surface area contributed by atoms with Gasteiger partial charge >= 0.3 is 6.18 Å². The van der Waals surface area contributed by atoms with Crippen molar-refractivity contribution in [2.24, 2.45) is 0 Å². The van der Waals surface area contributed by atoms with E-state index in [0.717, 1.165) is 33.1 Å². The highest BCUT2D eigenvalue weighted by Crippen LogP contribution is 2.38. The average Bonchev–Trinajstić information content (AvgIpc) is 2.93. The number of hydrogen-bond donors (Lipinski definition) is 2. The van der Waals surface area contributed by atoms with E-state index in [1.165, 1.54) is 10.9 Å². The number of nitrogens with zero attached hydrogens (tertiary/aromatic N) is 1. The molecule has 132 valence electrons. The third-order valence-electron chi connectivity index (χ3n) is 4.08. The van der Waals surface area contributed by atoms with E-state index in [1.807, 2.05) is 19.1 Å². The standard InChI is InChI=1S/C19H13F3N2OS/c1-10-6-11-7-16-13(9-18(11)26-10)15(4-5-23-16)24-12-2-3-17(25)14(8-12)19(20,21)22/h2-9,25H,1H3,(H,23,24). The van der Waals surface area contributed by atoms with Crippen LogP contribution in [-0.4, -0.2) is 10.1 Å². The molecular weight excluding hydrogens is 361 g/mol. The molecule has 26 heavy (non-hydrogen) atoms. The van der Waals surface area contributed by atoms with E-state index in [1.54, 1.807) is 23.6 Å². The Bertz CT molecular complexity index is 1130. The van der Waals surface area contributed by atoms with Crippen LogP contribution in [0.15, 0.2) is 48.7 Å². The van der Waals surface area contributed by atoms with Gasteiger partial charge in [-0.2, -0.15) is 13.2 Å². The molecule has 0 spiro atoms. The fraction of sp³-hybridized carbons (Fsp3) is 0.105. The summed E-state index contributed by atoms with van der Waals surface area (Å²) in [4.78, 5) is 5.54. The molecule has 0 unspecified atom stereocenters. The first-order valence-electron chi connectivity index (χ1n) is 7.77. The number of hydrogen-bond acceptors (Lipinski definition) is 4. The Morgan fingerprint density at radius 3 is 2.65 bits per heavy atom. The number of halogens is 3. The summed E-state index contributed by atoms with van der Waals surface area (Å²) in [5.41, 5.74) is 0.583. The Hall–Kier alpha value is -2.80. The highest BCUT2D eigenvalue weighted by atomic mass is 32.1. The number of aromatic hydroxyl groups is 1. The fourth-order valence-electron chi connectivity index (χ4n) is 2.92. The first-order valence-corrected chi connectivity index (χ1v) is 8.59. The van der Waals surface area contributed by atoms with Gasteiger partial charge in [0, 0.05) is 32.5 Å². The minimum atomic E-state index is -4.62. The molecule has 0 aliphatic carbocycles. The van der Waals surface area contributed by atoms with Crippen LogP contribution in [0.25, 0.3) is 21.0 Å². The zero-order valence-corrected chi connectivity index (χ0v) is 14.4. The lowest BCUT2D eigenvalue weighted by Gasteiger charge is -2.13. The Morgan fingerprint density at radius 2 is 1.88 bits per heavy atom. The average molecular weight is 374 g/mol. The first-order chi connectivity index (χ1) is 12.3. The molecule has 7 heteroatoms. The van der Waals surface area contributed by atoms with Crippen LogP contribution in [0.5, 0.6) is 5.75 Å². The first kappa shape index (κ1) is 16.7. The summed E-state index contributed by atoms with van der Waals surface area (Å²) >= 11 is 1.65. The maximum absolute atomic E-state index is 13.0. The number of phenols is 1. The van der Waals surface area contributed by atoms with Crippen molar-refractivity contribution in [3.8, 4) is 5.75 Å². The summed E-state index contributed by atoms with van der Waals surface area (Å²) in [6.45, 7) is 2.02. The van der Waals surface area contributed by atoms with Crippen LogP contribution in [-0.2, 0) is 6.18 Å². The molecule has 0 radical (unpaired) electrons. The highest BCUT2D eigenvalue weighted by molar-refractivity contribution is 7.19. The van der Waals surface area contributed by atoms with Crippen LogP contribution >= 0.6 is 11.3 Å². The molecule has 0 saturated heterocycles. The molecule has 0 amide bonds. The smallest absolute Gasteiger partial charge is 0.420 e. The third kappa shape index (κ3) is 2.94. The van der Waals surface area contributed by atoms with E-state index in [2.05, 4.69) is 16.4 Å². The van der Waals surface area contributed by atoms with Crippen molar-refractivity contribution in [1.29, 1.82) is 0 Å². The predicted octanol–water partition coefficient (Wildman–Crippen LogP) is 6.23. The molecule has 0 aliphatic heterocycles. The van der Waals surface area contributed by atoms with Gasteiger partial charge in [-0.3, -0.25) is 4.98 Å². The Labute approximate surface area is 150 Å². The lowest BCUT2D eigenvalue weighted by molar-refractivity contribution is -0.138. The molecule has 0 atom stereocenters. The SMILES string of the molecule is Cc1cc2cc3nccc(Nc4ccc(O)c(C(F)(F)F)c4)c3cc2s1. The van der Waals surface area contributed by atoms with Gasteiger partial charge in [-0.1, -0.05) is 0 Å². The number of thiophene rings is 1. The van der Waals surface area contributed by atoms with Crippen molar-refractivity contribution in [2.75, 3.05) is 5.32 Å². The molecule has 3 nitrogen and oxygen atoms in total. The van der Waals surface area contributed by atoms with E-state index < -0.39 is 17.5 Å².